The van der Waals surface area contributed by atoms with Crippen molar-refractivity contribution in [2.75, 3.05) is 5.32 Å². The van der Waals surface area contributed by atoms with Gasteiger partial charge in [0.05, 0.1) is 18.5 Å². The van der Waals surface area contributed by atoms with Gasteiger partial charge in [0.2, 0.25) is 0 Å². The number of rotatable bonds is 5. The number of nitrogens with one attached hydrogen (secondary N) is 1. The Kier molecular flexibility index (Phi) is 4.80. The third-order valence-electron chi connectivity index (χ3n) is 3.64. The Hall–Kier alpha value is -3.43. The van der Waals surface area contributed by atoms with Crippen LogP contribution in [0.4, 0.5) is 18.9 Å². The van der Waals surface area contributed by atoms with Gasteiger partial charge in [-0.15, -0.1) is 0 Å². The minimum absolute atomic E-state index is 0.0845. The molecule has 3 aromatic rings. The second-order valence-electron chi connectivity index (χ2n) is 5.67. The lowest BCUT2D eigenvalue weighted by molar-refractivity contribution is -0.141. The molecule has 2 N–H and O–H groups in total. The molecule has 0 fully saturated rings. The van der Waals surface area contributed by atoms with Crippen LogP contribution in [0.15, 0.2) is 42.6 Å². The van der Waals surface area contributed by atoms with Crippen molar-refractivity contribution in [1.29, 1.82) is 0 Å². The summed E-state index contributed by atoms with van der Waals surface area (Å²) in [4.78, 5) is 26.1. The SMILES string of the molecule is O=C(O)CCn1cc2cc(NC(=O)c3cccc(C(F)(F)F)n3)ccc2n1. The number of alkyl halides is 3. The number of carbonyl (C=O) groups is 2. The Balaban J connectivity index is 1.78. The maximum absolute atomic E-state index is 12.7. The zero-order valence-electron chi connectivity index (χ0n) is 13.7. The van der Waals surface area contributed by atoms with Crippen LogP contribution >= 0.6 is 0 Å². The lowest BCUT2D eigenvalue weighted by Gasteiger charge is -2.08. The van der Waals surface area contributed by atoms with Gasteiger partial charge in [-0.2, -0.15) is 18.3 Å². The van der Waals surface area contributed by atoms with Crippen molar-refractivity contribution in [3.63, 3.8) is 0 Å². The summed E-state index contributed by atoms with van der Waals surface area (Å²) >= 11 is 0. The number of carbonyl (C=O) groups excluding carboxylic acids is 1. The first-order chi connectivity index (χ1) is 12.7. The van der Waals surface area contributed by atoms with Crippen LogP contribution in [-0.4, -0.2) is 31.7 Å². The molecule has 10 heteroatoms. The summed E-state index contributed by atoms with van der Waals surface area (Å²) in [7, 11) is 0. The number of halogens is 3. The van der Waals surface area contributed by atoms with Crippen molar-refractivity contribution in [3.8, 4) is 0 Å². The van der Waals surface area contributed by atoms with E-state index in [1.807, 2.05) is 0 Å². The number of aromatic nitrogens is 3. The summed E-state index contributed by atoms with van der Waals surface area (Å²) < 4.78 is 39.6. The van der Waals surface area contributed by atoms with E-state index in [4.69, 9.17) is 5.11 Å². The fraction of sp³-hybridized carbons (Fsp3) is 0.176. The monoisotopic (exact) mass is 378 g/mol. The molecular formula is C17H13F3N4O3. The molecule has 0 aliphatic carbocycles. The molecule has 0 saturated heterocycles. The summed E-state index contributed by atoms with van der Waals surface area (Å²) in [6, 6.07) is 7.83. The Labute approximate surface area is 150 Å². The highest BCUT2D eigenvalue weighted by Gasteiger charge is 2.32. The molecular weight excluding hydrogens is 365 g/mol. The van der Waals surface area contributed by atoms with Crippen molar-refractivity contribution in [2.24, 2.45) is 0 Å². The van der Waals surface area contributed by atoms with E-state index in [9.17, 15) is 22.8 Å². The largest absolute Gasteiger partial charge is 0.481 e. The molecule has 0 saturated carbocycles. The van der Waals surface area contributed by atoms with Crippen molar-refractivity contribution < 1.29 is 27.9 Å². The van der Waals surface area contributed by atoms with Gasteiger partial charge < -0.3 is 10.4 Å². The van der Waals surface area contributed by atoms with Crippen LogP contribution < -0.4 is 5.32 Å². The number of aliphatic carboxylic acids is 1. The number of hydrogen-bond donors (Lipinski definition) is 2. The molecule has 2 aromatic heterocycles. The van der Waals surface area contributed by atoms with E-state index >= 15 is 0 Å². The van der Waals surface area contributed by atoms with E-state index in [-0.39, 0.29) is 18.7 Å². The average Bonchev–Trinajstić information content (AvgIpc) is 3.01. The third kappa shape index (κ3) is 4.40. The molecule has 2 heterocycles. The van der Waals surface area contributed by atoms with Gasteiger partial charge in [-0.05, 0) is 30.3 Å². The van der Waals surface area contributed by atoms with Crippen LogP contribution in [0.3, 0.4) is 0 Å². The number of aryl methyl sites for hydroxylation is 1. The Morgan fingerprint density at radius 3 is 2.67 bits per heavy atom. The van der Waals surface area contributed by atoms with Gasteiger partial charge in [-0.3, -0.25) is 14.3 Å². The van der Waals surface area contributed by atoms with Crippen LogP contribution in [0.1, 0.15) is 22.6 Å². The summed E-state index contributed by atoms with van der Waals surface area (Å²) in [6.45, 7) is 0.194. The van der Waals surface area contributed by atoms with Gasteiger partial charge in [0.25, 0.3) is 5.91 Å². The fourth-order valence-electron chi connectivity index (χ4n) is 2.39. The Morgan fingerprint density at radius 1 is 1.19 bits per heavy atom. The van der Waals surface area contributed by atoms with E-state index in [1.165, 1.54) is 10.7 Å². The molecule has 0 aliphatic rings. The summed E-state index contributed by atoms with van der Waals surface area (Å²) in [5.74, 6) is -1.73. The second-order valence-corrected chi connectivity index (χ2v) is 5.67. The molecule has 140 valence electrons. The number of carboxylic acids is 1. The van der Waals surface area contributed by atoms with Gasteiger partial charge >= 0.3 is 12.1 Å². The van der Waals surface area contributed by atoms with Crippen molar-refractivity contribution in [1.82, 2.24) is 14.8 Å². The number of nitrogens with zero attached hydrogens (tertiary/aromatic N) is 3. The number of carboxylic acid groups (broad SMARTS) is 1. The van der Waals surface area contributed by atoms with Crippen molar-refractivity contribution in [3.05, 3.63) is 54.0 Å². The van der Waals surface area contributed by atoms with Crippen LogP contribution in [0, 0.1) is 0 Å². The van der Waals surface area contributed by atoms with Crippen molar-refractivity contribution in [2.45, 2.75) is 19.1 Å². The predicted octanol–water partition coefficient (Wildman–Crippen LogP) is 3.18. The number of anilines is 1. The number of hydrogen-bond acceptors (Lipinski definition) is 4. The van der Waals surface area contributed by atoms with E-state index in [0.29, 0.717) is 16.6 Å². The van der Waals surface area contributed by atoms with E-state index in [2.05, 4.69) is 15.4 Å². The first kappa shape index (κ1) is 18.4. The number of amides is 1. The zero-order chi connectivity index (χ0) is 19.6. The van der Waals surface area contributed by atoms with Crippen LogP contribution in [-0.2, 0) is 17.5 Å². The van der Waals surface area contributed by atoms with Crippen LogP contribution in [0.25, 0.3) is 10.9 Å². The molecule has 0 atom stereocenters. The van der Waals surface area contributed by atoms with Crippen molar-refractivity contribution >= 4 is 28.5 Å². The van der Waals surface area contributed by atoms with Gasteiger partial charge in [0.15, 0.2) is 0 Å². The summed E-state index contributed by atoms with van der Waals surface area (Å²) in [6.07, 6.45) is -3.10. The molecule has 1 aromatic carbocycles. The van der Waals surface area contributed by atoms with E-state index in [1.54, 1.807) is 24.4 Å². The topological polar surface area (TPSA) is 97.1 Å². The summed E-state index contributed by atoms with van der Waals surface area (Å²) in [5, 5.41) is 16.0. The quantitative estimate of drug-likeness (QED) is 0.711. The molecule has 0 aliphatic heterocycles. The Morgan fingerprint density at radius 2 is 1.96 bits per heavy atom. The highest BCUT2D eigenvalue weighted by molar-refractivity contribution is 6.03. The summed E-state index contributed by atoms with van der Waals surface area (Å²) in [5.41, 5.74) is -0.563. The smallest absolute Gasteiger partial charge is 0.433 e. The molecule has 1 amide bonds. The normalized spacial score (nSPS) is 11.5. The second kappa shape index (κ2) is 7.06. The first-order valence-electron chi connectivity index (χ1n) is 7.77. The highest BCUT2D eigenvalue weighted by atomic mass is 19.4. The predicted molar refractivity (Wildman–Crippen MR) is 89.2 cm³/mol. The number of benzene rings is 1. The van der Waals surface area contributed by atoms with E-state index < -0.39 is 23.7 Å². The lowest BCUT2D eigenvalue weighted by Crippen LogP contribution is -2.16. The molecule has 7 nitrogen and oxygen atoms in total. The first-order valence-corrected chi connectivity index (χ1v) is 7.77. The van der Waals surface area contributed by atoms with Gasteiger partial charge in [-0.1, -0.05) is 6.07 Å². The minimum atomic E-state index is -4.64. The van der Waals surface area contributed by atoms with Gasteiger partial charge in [-0.25, -0.2) is 4.98 Å². The van der Waals surface area contributed by atoms with Gasteiger partial charge in [0, 0.05) is 17.3 Å². The number of pyridine rings is 1. The van der Waals surface area contributed by atoms with E-state index in [0.717, 1.165) is 12.1 Å². The Bertz CT molecular complexity index is 1010. The molecule has 27 heavy (non-hydrogen) atoms. The molecule has 3 rings (SSSR count). The highest BCUT2D eigenvalue weighted by Crippen LogP contribution is 2.27. The maximum atomic E-state index is 12.7. The third-order valence-corrected chi connectivity index (χ3v) is 3.64. The minimum Gasteiger partial charge on any atom is -0.481 e. The number of fused-ring (bicyclic) bond motifs is 1. The lowest BCUT2D eigenvalue weighted by atomic mass is 10.2. The van der Waals surface area contributed by atoms with Crippen LogP contribution in [0.2, 0.25) is 0 Å². The van der Waals surface area contributed by atoms with Crippen LogP contribution in [0.5, 0.6) is 0 Å². The van der Waals surface area contributed by atoms with Gasteiger partial charge in [0.1, 0.15) is 11.4 Å². The molecule has 0 spiro atoms. The zero-order valence-corrected chi connectivity index (χ0v) is 13.7. The molecule has 0 unspecified atom stereocenters. The molecule has 0 radical (unpaired) electrons. The standard InChI is InChI=1S/C17H13F3N4O3/c18-17(19,20)14-3-1-2-13(22-14)16(27)21-11-4-5-12-10(8-11)9-24(23-12)7-6-15(25)26/h1-5,8-9H,6-7H2,(H,21,27)(H,25,26). The molecule has 0 bridgehead atoms. The average molecular weight is 378 g/mol. The fourth-order valence-corrected chi connectivity index (χ4v) is 2.39. The maximum Gasteiger partial charge on any atom is 0.433 e.